The first-order valence-corrected chi connectivity index (χ1v) is 7.47. The van der Waals surface area contributed by atoms with Crippen LogP contribution in [0.25, 0.3) is 0 Å². The molecular weight excluding hydrogens is 313 g/mol. The van der Waals surface area contributed by atoms with Gasteiger partial charge >= 0.3 is 0 Å². The number of halogens is 2. The summed E-state index contributed by atoms with van der Waals surface area (Å²) in [7, 11) is 2.09. The van der Waals surface area contributed by atoms with Crippen LogP contribution in [0.4, 0.5) is 4.39 Å². The van der Waals surface area contributed by atoms with Crippen molar-refractivity contribution in [1.82, 2.24) is 4.90 Å². The molecule has 1 heterocycles. The lowest BCUT2D eigenvalue weighted by molar-refractivity contribution is 0.331. The van der Waals surface area contributed by atoms with Crippen molar-refractivity contribution in [2.75, 3.05) is 13.6 Å². The summed E-state index contributed by atoms with van der Waals surface area (Å²) in [5.41, 5.74) is 1.12. The Morgan fingerprint density at radius 2 is 2.17 bits per heavy atom. The van der Waals surface area contributed by atoms with Crippen molar-refractivity contribution in [3.05, 3.63) is 56.4 Å². The van der Waals surface area contributed by atoms with E-state index >= 15 is 0 Å². The standard InChI is InChI=1S/C14H15BrFNS/c1-17(7-6-13-3-2-8-18-13)10-11-4-5-12(16)9-14(11)15/h2-5,8-9H,6-7,10H2,1H3. The summed E-state index contributed by atoms with van der Waals surface area (Å²) in [6, 6.07) is 9.10. The van der Waals surface area contributed by atoms with Gasteiger partial charge in [-0.1, -0.05) is 28.1 Å². The lowest BCUT2D eigenvalue weighted by Crippen LogP contribution is -2.20. The van der Waals surface area contributed by atoms with Gasteiger partial charge in [-0.3, -0.25) is 0 Å². The van der Waals surface area contributed by atoms with E-state index < -0.39 is 0 Å². The Hall–Kier alpha value is -0.710. The molecule has 0 aliphatic rings. The number of nitrogens with zero attached hydrogens (tertiary/aromatic N) is 1. The average Bonchev–Trinajstić information content (AvgIpc) is 2.83. The van der Waals surface area contributed by atoms with E-state index in [-0.39, 0.29) is 5.82 Å². The minimum absolute atomic E-state index is 0.202. The van der Waals surface area contributed by atoms with E-state index in [0.29, 0.717) is 0 Å². The van der Waals surface area contributed by atoms with Gasteiger partial charge in [0.2, 0.25) is 0 Å². The van der Waals surface area contributed by atoms with Gasteiger partial charge in [0.25, 0.3) is 0 Å². The summed E-state index contributed by atoms with van der Waals surface area (Å²) in [5, 5.41) is 2.10. The van der Waals surface area contributed by atoms with Crippen LogP contribution in [0.1, 0.15) is 10.4 Å². The van der Waals surface area contributed by atoms with Crippen molar-refractivity contribution in [3.8, 4) is 0 Å². The Bertz CT molecular complexity index is 499. The Labute approximate surface area is 119 Å². The van der Waals surface area contributed by atoms with Gasteiger partial charge in [0.15, 0.2) is 0 Å². The second-order valence-electron chi connectivity index (χ2n) is 4.30. The molecule has 4 heteroatoms. The molecule has 0 aliphatic heterocycles. The second-order valence-corrected chi connectivity index (χ2v) is 6.19. The zero-order valence-electron chi connectivity index (χ0n) is 10.2. The molecule has 18 heavy (non-hydrogen) atoms. The van der Waals surface area contributed by atoms with Gasteiger partial charge < -0.3 is 4.90 Å². The van der Waals surface area contributed by atoms with Gasteiger partial charge in [-0.05, 0) is 42.6 Å². The molecule has 0 atom stereocenters. The number of thiophene rings is 1. The van der Waals surface area contributed by atoms with Crippen LogP contribution in [0, 0.1) is 5.82 Å². The van der Waals surface area contributed by atoms with Gasteiger partial charge in [-0.15, -0.1) is 11.3 Å². The van der Waals surface area contributed by atoms with Gasteiger partial charge in [0, 0.05) is 22.4 Å². The lowest BCUT2D eigenvalue weighted by Gasteiger charge is -2.17. The van der Waals surface area contributed by atoms with E-state index in [0.717, 1.165) is 29.5 Å². The molecular formula is C14H15BrFNS. The highest BCUT2D eigenvalue weighted by molar-refractivity contribution is 9.10. The van der Waals surface area contributed by atoms with E-state index in [2.05, 4.69) is 45.4 Å². The van der Waals surface area contributed by atoms with Crippen LogP contribution in [0.2, 0.25) is 0 Å². The summed E-state index contributed by atoms with van der Waals surface area (Å²) in [6.45, 7) is 1.83. The topological polar surface area (TPSA) is 3.24 Å². The van der Waals surface area contributed by atoms with Gasteiger partial charge in [0.05, 0.1) is 0 Å². The summed E-state index contributed by atoms with van der Waals surface area (Å²) < 4.78 is 13.8. The number of hydrogen-bond acceptors (Lipinski definition) is 2. The third kappa shape index (κ3) is 3.90. The SMILES string of the molecule is CN(CCc1cccs1)Cc1ccc(F)cc1Br. The molecule has 0 fully saturated rings. The quantitative estimate of drug-likeness (QED) is 0.790. The molecule has 1 aromatic heterocycles. The van der Waals surface area contributed by atoms with Gasteiger partial charge in [0.1, 0.15) is 5.82 Å². The Morgan fingerprint density at radius 3 is 2.83 bits per heavy atom. The molecule has 0 bridgehead atoms. The molecule has 0 unspecified atom stereocenters. The van der Waals surface area contributed by atoms with Crippen molar-refractivity contribution in [2.45, 2.75) is 13.0 Å². The van der Waals surface area contributed by atoms with Crippen LogP contribution >= 0.6 is 27.3 Å². The van der Waals surface area contributed by atoms with Crippen LogP contribution < -0.4 is 0 Å². The maximum Gasteiger partial charge on any atom is 0.124 e. The molecule has 1 nitrogen and oxygen atoms in total. The highest BCUT2D eigenvalue weighted by Crippen LogP contribution is 2.19. The molecule has 2 rings (SSSR count). The van der Waals surface area contributed by atoms with Crippen LogP contribution in [-0.4, -0.2) is 18.5 Å². The molecule has 0 amide bonds. The predicted octanol–water partition coefficient (Wildman–Crippen LogP) is 4.32. The molecule has 0 spiro atoms. The Kier molecular flexibility index (Phi) is 4.92. The number of benzene rings is 1. The highest BCUT2D eigenvalue weighted by Gasteiger charge is 2.05. The lowest BCUT2D eigenvalue weighted by atomic mass is 10.2. The Balaban J connectivity index is 1.88. The van der Waals surface area contributed by atoms with E-state index in [1.165, 1.54) is 17.0 Å². The molecule has 0 saturated carbocycles. The predicted molar refractivity (Wildman–Crippen MR) is 78.5 cm³/mol. The monoisotopic (exact) mass is 327 g/mol. The summed E-state index contributed by atoms with van der Waals surface area (Å²) in [5.74, 6) is -0.202. The van der Waals surface area contributed by atoms with Crippen molar-refractivity contribution in [1.29, 1.82) is 0 Å². The fourth-order valence-corrected chi connectivity index (χ4v) is 2.95. The number of rotatable bonds is 5. The van der Waals surface area contributed by atoms with E-state index in [1.54, 1.807) is 11.3 Å². The fourth-order valence-electron chi connectivity index (χ4n) is 1.78. The minimum atomic E-state index is -0.202. The largest absolute Gasteiger partial charge is 0.302 e. The molecule has 1 aromatic carbocycles. The number of likely N-dealkylation sites (N-methyl/N-ethyl adjacent to an activating group) is 1. The third-order valence-electron chi connectivity index (χ3n) is 2.78. The molecule has 0 saturated heterocycles. The zero-order valence-corrected chi connectivity index (χ0v) is 12.6. The first-order valence-electron chi connectivity index (χ1n) is 5.80. The summed E-state index contributed by atoms with van der Waals surface area (Å²) in [6.07, 6.45) is 1.06. The summed E-state index contributed by atoms with van der Waals surface area (Å²) >= 11 is 5.19. The highest BCUT2D eigenvalue weighted by atomic mass is 79.9. The van der Waals surface area contributed by atoms with E-state index in [9.17, 15) is 4.39 Å². The summed E-state index contributed by atoms with van der Waals surface area (Å²) in [4.78, 5) is 3.65. The third-order valence-corrected chi connectivity index (χ3v) is 4.45. The maximum absolute atomic E-state index is 13.0. The van der Waals surface area contributed by atoms with Crippen molar-refractivity contribution in [3.63, 3.8) is 0 Å². The molecule has 2 aromatic rings. The average molecular weight is 328 g/mol. The molecule has 0 radical (unpaired) electrons. The van der Waals surface area contributed by atoms with Crippen molar-refractivity contribution in [2.24, 2.45) is 0 Å². The second kappa shape index (κ2) is 6.45. The first kappa shape index (κ1) is 13.7. The molecule has 0 aliphatic carbocycles. The first-order chi connectivity index (χ1) is 8.65. The van der Waals surface area contributed by atoms with E-state index in [1.807, 2.05) is 6.07 Å². The normalized spacial score (nSPS) is 11.1. The van der Waals surface area contributed by atoms with Crippen molar-refractivity contribution >= 4 is 27.3 Å². The van der Waals surface area contributed by atoms with Gasteiger partial charge in [-0.25, -0.2) is 4.39 Å². The molecule has 96 valence electrons. The van der Waals surface area contributed by atoms with Gasteiger partial charge in [-0.2, -0.15) is 0 Å². The smallest absolute Gasteiger partial charge is 0.124 e. The zero-order chi connectivity index (χ0) is 13.0. The van der Waals surface area contributed by atoms with Crippen LogP contribution in [0.5, 0.6) is 0 Å². The fraction of sp³-hybridized carbons (Fsp3) is 0.286. The number of hydrogen-bond donors (Lipinski definition) is 0. The van der Waals surface area contributed by atoms with Crippen LogP contribution in [0.15, 0.2) is 40.2 Å². The van der Waals surface area contributed by atoms with Crippen LogP contribution in [-0.2, 0) is 13.0 Å². The van der Waals surface area contributed by atoms with Crippen LogP contribution in [0.3, 0.4) is 0 Å². The minimum Gasteiger partial charge on any atom is -0.302 e. The molecule has 0 N–H and O–H groups in total. The Morgan fingerprint density at radius 1 is 1.33 bits per heavy atom. The van der Waals surface area contributed by atoms with E-state index in [4.69, 9.17) is 0 Å². The maximum atomic E-state index is 13.0. The van der Waals surface area contributed by atoms with Crippen molar-refractivity contribution < 1.29 is 4.39 Å².